The van der Waals surface area contributed by atoms with E-state index in [0.29, 0.717) is 0 Å². The number of thiophene rings is 1. The molecule has 0 unspecified atom stereocenters. The van der Waals surface area contributed by atoms with E-state index in [9.17, 15) is 4.79 Å². The van der Waals surface area contributed by atoms with Crippen molar-refractivity contribution in [3.8, 4) is 0 Å². The summed E-state index contributed by atoms with van der Waals surface area (Å²) in [5.74, 6) is 3.37. The fourth-order valence-electron chi connectivity index (χ4n) is 6.84. The Hall–Kier alpha value is -1.07. The quantitative estimate of drug-likeness (QED) is 0.795. The van der Waals surface area contributed by atoms with Crippen molar-refractivity contribution < 1.29 is 4.79 Å². The van der Waals surface area contributed by atoms with Crippen molar-refractivity contribution in [3.05, 3.63) is 22.4 Å². The average Bonchev–Trinajstić information content (AvgIpc) is 3.15. The lowest BCUT2D eigenvalue weighted by molar-refractivity contribution is -0.0135. The Morgan fingerprint density at radius 3 is 2.37 bits per heavy atom. The van der Waals surface area contributed by atoms with E-state index in [0.717, 1.165) is 49.9 Å². The van der Waals surface area contributed by atoms with Crippen LogP contribution in [-0.4, -0.2) is 42.6 Å². The smallest absolute Gasteiger partial charge is 0.315 e. The van der Waals surface area contributed by atoms with E-state index in [4.69, 9.17) is 0 Å². The molecule has 27 heavy (non-hydrogen) atoms. The Balaban J connectivity index is 1.04. The summed E-state index contributed by atoms with van der Waals surface area (Å²) in [4.78, 5) is 16.6. The molecule has 4 bridgehead atoms. The number of carbonyl (C=O) groups excluding carboxylic acids is 1. The lowest BCUT2D eigenvalue weighted by Gasteiger charge is -2.56. The average molecular weight is 388 g/mol. The summed E-state index contributed by atoms with van der Waals surface area (Å²) in [7, 11) is 0. The molecule has 148 valence electrons. The zero-order valence-corrected chi connectivity index (χ0v) is 17.1. The maximum absolute atomic E-state index is 12.5. The Kier molecular flexibility index (Phi) is 4.93. The predicted molar refractivity (Wildman–Crippen MR) is 110 cm³/mol. The number of hydrogen-bond donors (Lipinski definition) is 2. The maximum Gasteiger partial charge on any atom is 0.315 e. The van der Waals surface area contributed by atoms with Gasteiger partial charge in [-0.05, 0) is 99.6 Å². The molecule has 1 saturated heterocycles. The largest absolute Gasteiger partial charge is 0.337 e. The van der Waals surface area contributed by atoms with Crippen LogP contribution < -0.4 is 10.6 Å². The highest BCUT2D eigenvalue weighted by atomic mass is 32.1. The highest BCUT2D eigenvalue weighted by Gasteiger charge is 2.51. The van der Waals surface area contributed by atoms with Crippen molar-refractivity contribution in [2.45, 2.75) is 62.8 Å². The van der Waals surface area contributed by atoms with Gasteiger partial charge < -0.3 is 15.5 Å². The Bertz CT molecular complexity index is 615. The Labute approximate surface area is 167 Å². The first kappa shape index (κ1) is 18.0. The molecule has 6 rings (SSSR count). The van der Waals surface area contributed by atoms with Crippen LogP contribution in [0.15, 0.2) is 17.5 Å². The van der Waals surface area contributed by atoms with Gasteiger partial charge in [-0.25, -0.2) is 4.79 Å². The number of urea groups is 1. The third kappa shape index (κ3) is 3.91. The third-order valence-electron chi connectivity index (χ3n) is 7.66. The van der Waals surface area contributed by atoms with Crippen LogP contribution in [0.25, 0.3) is 0 Å². The van der Waals surface area contributed by atoms with Gasteiger partial charge in [0.2, 0.25) is 0 Å². The van der Waals surface area contributed by atoms with Gasteiger partial charge in [0.05, 0.1) is 0 Å². The van der Waals surface area contributed by atoms with Crippen LogP contribution in [0.3, 0.4) is 0 Å². The van der Waals surface area contributed by atoms with Gasteiger partial charge in [0.1, 0.15) is 0 Å². The van der Waals surface area contributed by atoms with Gasteiger partial charge in [-0.3, -0.25) is 0 Å². The number of piperidine rings is 1. The first-order chi connectivity index (χ1) is 13.2. The summed E-state index contributed by atoms with van der Waals surface area (Å²) in [6.07, 6.45) is 10.4. The lowest BCUT2D eigenvalue weighted by atomic mass is 9.53. The normalized spacial score (nSPS) is 36.1. The van der Waals surface area contributed by atoms with Gasteiger partial charge in [-0.1, -0.05) is 6.07 Å². The van der Waals surface area contributed by atoms with Gasteiger partial charge >= 0.3 is 6.03 Å². The fourth-order valence-corrected chi connectivity index (χ4v) is 7.74. The minimum atomic E-state index is 0.0745. The predicted octanol–water partition coefficient (Wildman–Crippen LogP) is 4.20. The zero-order valence-electron chi connectivity index (χ0n) is 16.3. The first-order valence-electron chi connectivity index (χ1n) is 11.0. The molecule has 2 amide bonds. The molecular formula is C22H33N3OS. The minimum Gasteiger partial charge on any atom is -0.337 e. The highest BCUT2D eigenvalue weighted by Crippen LogP contribution is 2.55. The SMILES string of the molecule is O=C(NCCN1CCC(c2cccs2)CC1)NC12CC3CC(CC(C3)C1)C2. The number of rotatable bonds is 5. The number of nitrogens with one attached hydrogen (secondary N) is 2. The van der Waals surface area contributed by atoms with Crippen LogP contribution in [0, 0.1) is 17.8 Å². The molecule has 1 aromatic heterocycles. The topological polar surface area (TPSA) is 44.4 Å². The van der Waals surface area contributed by atoms with Crippen molar-refractivity contribution in [1.29, 1.82) is 0 Å². The van der Waals surface area contributed by atoms with Crippen LogP contribution >= 0.6 is 11.3 Å². The van der Waals surface area contributed by atoms with E-state index in [-0.39, 0.29) is 11.6 Å². The monoisotopic (exact) mass is 387 g/mol. The molecule has 2 heterocycles. The second-order valence-corrected chi connectivity index (χ2v) is 10.7. The van der Waals surface area contributed by atoms with Gasteiger partial charge in [-0.15, -0.1) is 11.3 Å². The number of nitrogens with zero attached hydrogens (tertiary/aromatic N) is 1. The van der Waals surface area contributed by atoms with E-state index in [1.54, 1.807) is 4.88 Å². The summed E-state index contributed by atoms with van der Waals surface area (Å²) >= 11 is 1.89. The molecule has 1 aromatic rings. The molecule has 5 aliphatic rings. The van der Waals surface area contributed by atoms with E-state index >= 15 is 0 Å². The van der Waals surface area contributed by atoms with Crippen molar-refractivity contribution >= 4 is 17.4 Å². The summed E-state index contributed by atoms with van der Waals surface area (Å²) in [5.41, 5.74) is 0.123. The zero-order chi connectivity index (χ0) is 18.3. The molecule has 5 heteroatoms. The molecule has 0 atom stereocenters. The van der Waals surface area contributed by atoms with Crippen LogP contribution in [0.5, 0.6) is 0 Å². The molecule has 5 fully saturated rings. The number of hydrogen-bond acceptors (Lipinski definition) is 3. The fraction of sp³-hybridized carbons (Fsp3) is 0.773. The van der Waals surface area contributed by atoms with Crippen LogP contribution in [0.4, 0.5) is 4.79 Å². The van der Waals surface area contributed by atoms with Crippen molar-refractivity contribution in [3.63, 3.8) is 0 Å². The van der Waals surface area contributed by atoms with E-state index < -0.39 is 0 Å². The van der Waals surface area contributed by atoms with Crippen molar-refractivity contribution in [2.24, 2.45) is 17.8 Å². The molecule has 4 saturated carbocycles. The van der Waals surface area contributed by atoms with Crippen LogP contribution in [0.2, 0.25) is 0 Å². The molecule has 2 N–H and O–H groups in total. The molecule has 0 spiro atoms. The van der Waals surface area contributed by atoms with E-state index in [1.807, 2.05) is 11.3 Å². The van der Waals surface area contributed by atoms with Crippen molar-refractivity contribution in [1.82, 2.24) is 15.5 Å². The summed E-state index contributed by atoms with van der Waals surface area (Å²) in [6, 6.07) is 4.52. The number of amides is 2. The molecular weight excluding hydrogens is 354 g/mol. The molecule has 4 aliphatic carbocycles. The molecule has 4 nitrogen and oxygen atoms in total. The second-order valence-electron chi connectivity index (χ2n) is 9.71. The lowest BCUT2D eigenvalue weighted by Crippen LogP contribution is -2.61. The minimum absolute atomic E-state index is 0.0745. The standard InChI is InChI=1S/C22H33N3OS/c26-21(24-22-13-16-10-17(14-22)12-18(11-16)15-22)23-5-8-25-6-3-19(4-7-25)20-2-1-9-27-20/h1-2,9,16-19H,3-8,10-15H2,(H2,23,24,26). The van der Waals surface area contributed by atoms with Gasteiger partial charge in [0.15, 0.2) is 0 Å². The van der Waals surface area contributed by atoms with Gasteiger partial charge in [0, 0.05) is 23.5 Å². The summed E-state index contributed by atoms with van der Waals surface area (Å²) < 4.78 is 0. The summed E-state index contributed by atoms with van der Waals surface area (Å²) in [5, 5.41) is 8.76. The van der Waals surface area contributed by atoms with Crippen LogP contribution in [-0.2, 0) is 0 Å². The van der Waals surface area contributed by atoms with Gasteiger partial charge in [0.25, 0.3) is 0 Å². The van der Waals surface area contributed by atoms with Crippen LogP contribution in [0.1, 0.15) is 62.2 Å². The van der Waals surface area contributed by atoms with Gasteiger partial charge in [-0.2, -0.15) is 0 Å². The number of carbonyl (C=O) groups is 1. The Morgan fingerprint density at radius 2 is 1.78 bits per heavy atom. The van der Waals surface area contributed by atoms with E-state index in [2.05, 4.69) is 33.0 Å². The van der Waals surface area contributed by atoms with Crippen molar-refractivity contribution in [2.75, 3.05) is 26.2 Å². The first-order valence-corrected chi connectivity index (χ1v) is 11.9. The molecule has 0 aromatic carbocycles. The number of likely N-dealkylation sites (tertiary alicyclic amines) is 1. The second kappa shape index (κ2) is 7.40. The maximum atomic E-state index is 12.5. The molecule has 1 aliphatic heterocycles. The highest BCUT2D eigenvalue weighted by molar-refractivity contribution is 7.10. The van der Waals surface area contributed by atoms with E-state index in [1.165, 1.54) is 51.4 Å². The third-order valence-corrected chi connectivity index (χ3v) is 8.70. The molecule has 0 radical (unpaired) electrons. The summed E-state index contributed by atoms with van der Waals surface area (Å²) in [6.45, 7) is 4.05. The Morgan fingerprint density at radius 1 is 1.11 bits per heavy atom.